The molecule has 0 aliphatic heterocycles. The molecule has 1 fully saturated rings. The van der Waals surface area contributed by atoms with Crippen LogP contribution in [0.1, 0.15) is 44.6 Å². The lowest BCUT2D eigenvalue weighted by Crippen LogP contribution is -2.35. The monoisotopic (exact) mass is 274 g/mol. The van der Waals surface area contributed by atoms with Gasteiger partial charge in [-0.1, -0.05) is 44.2 Å². The van der Waals surface area contributed by atoms with Crippen molar-refractivity contribution in [2.45, 2.75) is 39.0 Å². The summed E-state index contributed by atoms with van der Waals surface area (Å²) in [5.41, 5.74) is 6.96. The second-order valence-electron chi connectivity index (χ2n) is 6.63. The number of amides is 1. The molecular weight excluding hydrogens is 248 g/mol. The van der Waals surface area contributed by atoms with Gasteiger partial charge in [0.15, 0.2) is 0 Å². The molecule has 1 aliphatic carbocycles. The summed E-state index contributed by atoms with van der Waals surface area (Å²) in [5.74, 6) is 0.797. The Labute approximate surface area is 121 Å². The van der Waals surface area contributed by atoms with Crippen molar-refractivity contribution in [1.29, 1.82) is 0 Å². The number of nitrogens with two attached hydrogens (primary N) is 1. The predicted molar refractivity (Wildman–Crippen MR) is 82.4 cm³/mol. The third kappa shape index (κ3) is 4.07. The molecule has 1 aromatic carbocycles. The maximum Gasteiger partial charge on any atom is 0.223 e. The molecule has 20 heavy (non-hydrogen) atoms. The van der Waals surface area contributed by atoms with E-state index in [-0.39, 0.29) is 17.2 Å². The van der Waals surface area contributed by atoms with Crippen LogP contribution >= 0.6 is 0 Å². The molecule has 0 aromatic heterocycles. The molecule has 1 aliphatic rings. The van der Waals surface area contributed by atoms with Crippen LogP contribution < -0.4 is 11.1 Å². The Kier molecular flexibility index (Phi) is 4.81. The molecule has 2 unspecified atom stereocenters. The molecule has 1 saturated carbocycles. The SMILES string of the molecule is CC(C)(CCCN)CNC(=O)C1CC1c1ccccc1. The fourth-order valence-electron chi connectivity index (χ4n) is 2.68. The first-order valence-electron chi connectivity index (χ1n) is 7.56. The molecule has 0 spiro atoms. The second kappa shape index (κ2) is 6.40. The summed E-state index contributed by atoms with van der Waals surface area (Å²) in [6.07, 6.45) is 3.05. The second-order valence-corrected chi connectivity index (χ2v) is 6.63. The van der Waals surface area contributed by atoms with Gasteiger partial charge in [-0.2, -0.15) is 0 Å². The lowest BCUT2D eigenvalue weighted by molar-refractivity contribution is -0.122. The largest absolute Gasteiger partial charge is 0.355 e. The quantitative estimate of drug-likeness (QED) is 0.803. The number of rotatable bonds is 7. The number of hydrogen-bond acceptors (Lipinski definition) is 2. The minimum atomic E-state index is 0.131. The highest BCUT2D eigenvalue weighted by molar-refractivity contribution is 5.82. The summed E-state index contributed by atoms with van der Waals surface area (Å²) in [6.45, 7) is 5.83. The van der Waals surface area contributed by atoms with E-state index in [0.29, 0.717) is 5.92 Å². The highest BCUT2D eigenvalue weighted by Gasteiger charge is 2.43. The van der Waals surface area contributed by atoms with Crippen LogP contribution in [0.4, 0.5) is 0 Å². The maximum absolute atomic E-state index is 12.2. The first-order chi connectivity index (χ1) is 9.53. The van der Waals surface area contributed by atoms with Crippen LogP contribution in [-0.2, 0) is 4.79 Å². The van der Waals surface area contributed by atoms with E-state index < -0.39 is 0 Å². The normalized spacial score (nSPS) is 21.6. The standard InChI is InChI=1S/C17H26N2O/c1-17(2,9-6-10-18)12-19-16(20)15-11-14(15)13-7-4-3-5-8-13/h3-5,7-8,14-15H,6,9-12,18H2,1-2H3,(H,19,20). The van der Waals surface area contributed by atoms with E-state index in [9.17, 15) is 4.79 Å². The van der Waals surface area contributed by atoms with E-state index in [0.717, 1.165) is 32.4 Å². The van der Waals surface area contributed by atoms with Crippen molar-refractivity contribution >= 4 is 5.91 Å². The molecule has 0 heterocycles. The Hall–Kier alpha value is -1.35. The van der Waals surface area contributed by atoms with E-state index in [4.69, 9.17) is 5.73 Å². The Morgan fingerprint density at radius 2 is 2.05 bits per heavy atom. The van der Waals surface area contributed by atoms with Gasteiger partial charge in [0.2, 0.25) is 5.91 Å². The zero-order chi connectivity index (χ0) is 14.6. The van der Waals surface area contributed by atoms with Crippen molar-refractivity contribution in [2.24, 2.45) is 17.1 Å². The Bertz CT molecular complexity index is 442. The summed E-state index contributed by atoms with van der Waals surface area (Å²) in [6, 6.07) is 10.3. The maximum atomic E-state index is 12.2. The van der Waals surface area contributed by atoms with Gasteiger partial charge in [-0.05, 0) is 42.7 Å². The number of carbonyl (C=O) groups is 1. The van der Waals surface area contributed by atoms with Gasteiger partial charge < -0.3 is 11.1 Å². The minimum absolute atomic E-state index is 0.131. The van der Waals surface area contributed by atoms with Crippen molar-refractivity contribution in [3.05, 3.63) is 35.9 Å². The van der Waals surface area contributed by atoms with Gasteiger partial charge in [-0.3, -0.25) is 4.79 Å². The Morgan fingerprint density at radius 3 is 2.70 bits per heavy atom. The molecule has 2 atom stereocenters. The van der Waals surface area contributed by atoms with Gasteiger partial charge in [0, 0.05) is 12.5 Å². The molecule has 3 N–H and O–H groups in total. The highest BCUT2D eigenvalue weighted by Crippen LogP contribution is 2.47. The molecule has 2 rings (SSSR count). The molecule has 0 bridgehead atoms. The van der Waals surface area contributed by atoms with Crippen molar-refractivity contribution < 1.29 is 4.79 Å². The van der Waals surface area contributed by atoms with E-state index in [1.807, 2.05) is 18.2 Å². The molecular formula is C17H26N2O. The molecule has 3 heteroatoms. The number of nitrogens with one attached hydrogen (secondary N) is 1. The summed E-state index contributed by atoms with van der Waals surface area (Å²) >= 11 is 0. The van der Waals surface area contributed by atoms with Gasteiger partial charge in [0.25, 0.3) is 0 Å². The molecule has 3 nitrogen and oxygen atoms in total. The summed E-state index contributed by atoms with van der Waals surface area (Å²) in [7, 11) is 0. The van der Waals surface area contributed by atoms with Crippen LogP contribution in [0.15, 0.2) is 30.3 Å². The lowest BCUT2D eigenvalue weighted by atomic mass is 9.87. The summed E-state index contributed by atoms with van der Waals surface area (Å²) in [4.78, 5) is 12.2. The van der Waals surface area contributed by atoms with E-state index in [1.165, 1.54) is 5.56 Å². The van der Waals surface area contributed by atoms with Crippen LogP contribution in [0.2, 0.25) is 0 Å². The van der Waals surface area contributed by atoms with Crippen molar-refractivity contribution in [1.82, 2.24) is 5.32 Å². The zero-order valence-electron chi connectivity index (χ0n) is 12.6. The molecule has 110 valence electrons. The van der Waals surface area contributed by atoms with Crippen LogP contribution in [0.3, 0.4) is 0 Å². The minimum Gasteiger partial charge on any atom is -0.355 e. The van der Waals surface area contributed by atoms with Gasteiger partial charge >= 0.3 is 0 Å². The first-order valence-corrected chi connectivity index (χ1v) is 7.56. The lowest BCUT2D eigenvalue weighted by Gasteiger charge is -2.24. The summed E-state index contributed by atoms with van der Waals surface area (Å²) in [5, 5.41) is 3.11. The highest BCUT2D eigenvalue weighted by atomic mass is 16.2. The third-order valence-corrected chi connectivity index (χ3v) is 4.15. The zero-order valence-corrected chi connectivity index (χ0v) is 12.6. The van der Waals surface area contributed by atoms with Crippen molar-refractivity contribution in [3.8, 4) is 0 Å². The first kappa shape index (κ1) is 15.0. The molecule has 1 aromatic rings. The van der Waals surface area contributed by atoms with E-state index in [1.54, 1.807) is 0 Å². The topological polar surface area (TPSA) is 55.1 Å². The molecule has 0 radical (unpaired) electrons. The van der Waals surface area contributed by atoms with E-state index in [2.05, 4.69) is 31.3 Å². The number of benzene rings is 1. The average molecular weight is 274 g/mol. The van der Waals surface area contributed by atoms with Gasteiger partial charge in [-0.15, -0.1) is 0 Å². The predicted octanol–water partition coefficient (Wildman–Crippen LogP) is 2.67. The van der Waals surface area contributed by atoms with Crippen LogP contribution in [0.25, 0.3) is 0 Å². The fourth-order valence-corrected chi connectivity index (χ4v) is 2.68. The van der Waals surface area contributed by atoms with E-state index >= 15 is 0 Å². The Balaban J connectivity index is 1.77. The third-order valence-electron chi connectivity index (χ3n) is 4.15. The van der Waals surface area contributed by atoms with Crippen LogP contribution in [-0.4, -0.2) is 19.0 Å². The number of carbonyl (C=O) groups excluding carboxylic acids is 1. The average Bonchev–Trinajstić information content (AvgIpc) is 3.24. The fraction of sp³-hybridized carbons (Fsp3) is 0.588. The molecule has 1 amide bonds. The smallest absolute Gasteiger partial charge is 0.223 e. The van der Waals surface area contributed by atoms with Gasteiger partial charge in [0.05, 0.1) is 0 Å². The van der Waals surface area contributed by atoms with Crippen molar-refractivity contribution in [3.63, 3.8) is 0 Å². The Morgan fingerprint density at radius 1 is 1.35 bits per heavy atom. The summed E-state index contributed by atoms with van der Waals surface area (Å²) < 4.78 is 0. The molecule has 0 saturated heterocycles. The van der Waals surface area contributed by atoms with Gasteiger partial charge in [0.1, 0.15) is 0 Å². The van der Waals surface area contributed by atoms with Crippen LogP contribution in [0, 0.1) is 11.3 Å². The van der Waals surface area contributed by atoms with Gasteiger partial charge in [-0.25, -0.2) is 0 Å². The van der Waals surface area contributed by atoms with Crippen LogP contribution in [0.5, 0.6) is 0 Å². The number of hydrogen-bond donors (Lipinski definition) is 2. The van der Waals surface area contributed by atoms with Crippen molar-refractivity contribution in [2.75, 3.05) is 13.1 Å².